The number of nitro groups is 2. The van der Waals surface area contributed by atoms with E-state index in [9.17, 15) is 25.0 Å². The van der Waals surface area contributed by atoms with Crippen molar-refractivity contribution in [1.82, 2.24) is 0 Å². The van der Waals surface area contributed by atoms with Gasteiger partial charge in [0.15, 0.2) is 0 Å². The monoisotopic (exact) mass is 466 g/mol. The van der Waals surface area contributed by atoms with E-state index in [4.69, 9.17) is 4.74 Å². The van der Waals surface area contributed by atoms with Crippen LogP contribution >= 0.6 is 11.8 Å². The minimum Gasteiger partial charge on any atom is -0.455 e. The molecule has 9 heteroatoms. The number of allylic oxidation sites excluding steroid dienone is 2. The summed E-state index contributed by atoms with van der Waals surface area (Å²) in [5, 5.41) is 22.5. The molecular formula is C24H22N2O6S. The predicted molar refractivity (Wildman–Crippen MR) is 125 cm³/mol. The molecule has 4 rings (SSSR count). The molecule has 0 aromatic heterocycles. The van der Waals surface area contributed by atoms with Gasteiger partial charge in [-0.1, -0.05) is 48.1 Å². The highest BCUT2D eigenvalue weighted by atomic mass is 32.2. The van der Waals surface area contributed by atoms with E-state index in [1.807, 2.05) is 44.2 Å². The molecule has 0 amide bonds. The van der Waals surface area contributed by atoms with Gasteiger partial charge in [0, 0.05) is 29.7 Å². The Balaban J connectivity index is 1.70. The molecule has 170 valence electrons. The van der Waals surface area contributed by atoms with Crippen molar-refractivity contribution >= 4 is 29.1 Å². The van der Waals surface area contributed by atoms with Crippen LogP contribution in [0.4, 0.5) is 11.4 Å². The topological polar surface area (TPSA) is 113 Å². The first-order valence-electron chi connectivity index (χ1n) is 10.4. The third kappa shape index (κ3) is 4.68. The number of rotatable bonds is 5. The van der Waals surface area contributed by atoms with Crippen LogP contribution in [0.25, 0.3) is 0 Å². The number of benzene rings is 2. The predicted octanol–water partition coefficient (Wildman–Crippen LogP) is 6.15. The summed E-state index contributed by atoms with van der Waals surface area (Å²) >= 11 is 1.76. The van der Waals surface area contributed by atoms with Crippen LogP contribution in [-0.2, 0) is 4.74 Å². The molecule has 1 fully saturated rings. The molecule has 0 radical (unpaired) electrons. The average Bonchev–Trinajstić information content (AvgIpc) is 2.79. The Morgan fingerprint density at radius 2 is 1.73 bits per heavy atom. The maximum atomic E-state index is 13.2. The Kier molecular flexibility index (Phi) is 6.07. The van der Waals surface area contributed by atoms with Crippen molar-refractivity contribution in [3.63, 3.8) is 0 Å². The highest BCUT2D eigenvalue weighted by Crippen LogP contribution is 2.55. The molecular weight excluding hydrogens is 444 g/mol. The van der Waals surface area contributed by atoms with Crippen molar-refractivity contribution in [3.05, 3.63) is 103 Å². The van der Waals surface area contributed by atoms with E-state index in [1.54, 1.807) is 11.8 Å². The third-order valence-electron chi connectivity index (χ3n) is 5.97. The summed E-state index contributed by atoms with van der Waals surface area (Å²) in [6.45, 7) is 3.88. The lowest BCUT2D eigenvalue weighted by Crippen LogP contribution is -2.44. The van der Waals surface area contributed by atoms with E-state index in [2.05, 4.69) is 12.2 Å². The molecule has 2 aromatic carbocycles. The molecule has 0 N–H and O–H groups in total. The van der Waals surface area contributed by atoms with E-state index in [-0.39, 0.29) is 16.7 Å². The Labute approximate surface area is 194 Å². The van der Waals surface area contributed by atoms with Gasteiger partial charge in [-0.25, -0.2) is 4.79 Å². The quantitative estimate of drug-likeness (QED) is 0.225. The first-order chi connectivity index (χ1) is 15.7. The van der Waals surface area contributed by atoms with Crippen molar-refractivity contribution in [2.45, 2.75) is 37.5 Å². The van der Waals surface area contributed by atoms with Gasteiger partial charge >= 0.3 is 5.97 Å². The number of non-ortho nitro benzene ring substituents is 2. The van der Waals surface area contributed by atoms with E-state index in [0.717, 1.165) is 40.7 Å². The maximum absolute atomic E-state index is 13.2. The summed E-state index contributed by atoms with van der Waals surface area (Å²) in [6.07, 6.45) is 5.61. The maximum Gasteiger partial charge on any atom is 0.339 e. The van der Waals surface area contributed by atoms with E-state index >= 15 is 0 Å². The Morgan fingerprint density at radius 1 is 1.09 bits per heavy atom. The summed E-state index contributed by atoms with van der Waals surface area (Å²) < 4.78 is 6.02. The normalized spacial score (nSPS) is 24.2. The van der Waals surface area contributed by atoms with Gasteiger partial charge in [0.05, 0.1) is 21.5 Å². The zero-order valence-corrected chi connectivity index (χ0v) is 18.9. The summed E-state index contributed by atoms with van der Waals surface area (Å²) in [5.74, 6) is -0.979. The van der Waals surface area contributed by atoms with Crippen molar-refractivity contribution in [3.8, 4) is 0 Å². The first kappa shape index (κ1) is 22.7. The van der Waals surface area contributed by atoms with Gasteiger partial charge < -0.3 is 4.74 Å². The Hall–Kier alpha value is -3.46. The van der Waals surface area contributed by atoms with Gasteiger partial charge in [-0.05, 0) is 30.7 Å². The van der Waals surface area contributed by atoms with Crippen LogP contribution in [0.15, 0.2) is 71.2 Å². The van der Waals surface area contributed by atoms with Crippen LogP contribution < -0.4 is 0 Å². The molecule has 3 atom stereocenters. The SMILES string of the molecule is CC1=C[C@@H]2C(=CC1)S[C@@H](c1ccccc1)C[C@@]2(C)OC(=O)c1cc([N+](=O)[O-])cc([N+](=O)[O-])c1. The lowest BCUT2D eigenvalue weighted by Gasteiger charge is -2.45. The second kappa shape index (κ2) is 8.82. The molecule has 0 unspecified atom stereocenters. The summed E-state index contributed by atoms with van der Waals surface area (Å²) in [5.41, 5.74) is 0.0644. The van der Waals surface area contributed by atoms with Gasteiger partial charge in [-0.15, -0.1) is 11.8 Å². The second-order valence-electron chi connectivity index (χ2n) is 8.48. The summed E-state index contributed by atoms with van der Waals surface area (Å²) in [6, 6.07) is 12.8. The minimum absolute atomic E-state index is 0.0535. The molecule has 2 aliphatic rings. The number of carbonyl (C=O) groups excluding carboxylic acids is 1. The third-order valence-corrected chi connectivity index (χ3v) is 7.38. The highest BCUT2D eigenvalue weighted by molar-refractivity contribution is 8.03. The highest BCUT2D eigenvalue weighted by Gasteiger charge is 2.47. The van der Waals surface area contributed by atoms with Crippen molar-refractivity contribution in [1.29, 1.82) is 0 Å². The lowest BCUT2D eigenvalue weighted by atomic mass is 9.79. The lowest BCUT2D eigenvalue weighted by molar-refractivity contribution is -0.394. The molecule has 2 aromatic rings. The van der Waals surface area contributed by atoms with E-state index in [1.165, 1.54) is 0 Å². The van der Waals surface area contributed by atoms with E-state index < -0.39 is 32.8 Å². The minimum atomic E-state index is -0.935. The number of ether oxygens (including phenoxy) is 1. The van der Waals surface area contributed by atoms with Crippen LogP contribution in [0.5, 0.6) is 0 Å². The number of esters is 1. The van der Waals surface area contributed by atoms with Crippen LogP contribution in [0.2, 0.25) is 0 Å². The molecule has 1 aliphatic heterocycles. The Morgan fingerprint density at radius 3 is 2.33 bits per heavy atom. The molecule has 1 aliphatic carbocycles. The van der Waals surface area contributed by atoms with Crippen LogP contribution in [0, 0.1) is 26.1 Å². The molecule has 1 saturated heterocycles. The molecule has 0 spiro atoms. The van der Waals surface area contributed by atoms with Crippen LogP contribution in [0.3, 0.4) is 0 Å². The fourth-order valence-corrected chi connectivity index (χ4v) is 5.96. The van der Waals surface area contributed by atoms with Crippen molar-refractivity contribution in [2.75, 3.05) is 0 Å². The Bertz CT molecular complexity index is 1160. The number of nitro benzene ring substituents is 2. The molecule has 0 saturated carbocycles. The molecule has 1 heterocycles. The number of hydrogen-bond acceptors (Lipinski definition) is 7. The van der Waals surface area contributed by atoms with Crippen LogP contribution in [0.1, 0.15) is 47.9 Å². The zero-order valence-electron chi connectivity index (χ0n) is 18.1. The average molecular weight is 467 g/mol. The van der Waals surface area contributed by atoms with Gasteiger partial charge in [0.2, 0.25) is 0 Å². The van der Waals surface area contributed by atoms with Gasteiger partial charge in [0.25, 0.3) is 11.4 Å². The first-order valence-corrected chi connectivity index (χ1v) is 11.3. The van der Waals surface area contributed by atoms with E-state index in [0.29, 0.717) is 6.42 Å². The summed E-state index contributed by atoms with van der Waals surface area (Å²) in [7, 11) is 0. The number of carbonyl (C=O) groups is 1. The molecule has 33 heavy (non-hydrogen) atoms. The molecule has 8 nitrogen and oxygen atoms in total. The van der Waals surface area contributed by atoms with Gasteiger partial charge in [-0.3, -0.25) is 20.2 Å². The standard InChI is InChI=1S/C24H22N2O6S/c1-15-8-9-21-20(10-15)24(2,14-22(33-21)16-6-4-3-5-7-16)32-23(27)17-11-18(25(28)29)13-19(12-17)26(30)31/h3-7,9-13,20,22H,8,14H2,1-2H3/t20-,22-,24-/m1/s1. The number of fused-ring (bicyclic) bond motifs is 1. The number of thioether (sulfide) groups is 1. The van der Waals surface area contributed by atoms with Crippen molar-refractivity contribution in [2.24, 2.45) is 5.92 Å². The largest absolute Gasteiger partial charge is 0.455 e. The number of nitrogens with zero attached hydrogens (tertiary/aromatic N) is 2. The summed E-state index contributed by atoms with van der Waals surface area (Å²) in [4.78, 5) is 35.2. The second-order valence-corrected chi connectivity index (χ2v) is 9.75. The fourth-order valence-electron chi connectivity index (χ4n) is 4.28. The zero-order chi connectivity index (χ0) is 23.8. The number of hydrogen-bond donors (Lipinski definition) is 0. The fraction of sp³-hybridized carbons (Fsp3) is 0.292. The van der Waals surface area contributed by atoms with Gasteiger partial charge in [-0.2, -0.15) is 0 Å². The van der Waals surface area contributed by atoms with Crippen molar-refractivity contribution < 1.29 is 19.4 Å². The van der Waals surface area contributed by atoms with Gasteiger partial charge in [0.1, 0.15) is 5.60 Å². The smallest absolute Gasteiger partial charge is 0.339 e. The van der Waals surface area contributed by atoms with Crippen LogP contribution in [-0.4, -0.2) is 21.4 Å². The molecule has 0 bridgehead atoms.